The van der Waals surface area contributed by atoms with Crippen LogP contribution in [0.4, 0.5) is 5.82 Å². The zero-order valence-corrected chi connectivity index (χ0v) is 12.1. The van der Waals surface area contributed by atoms with E-state index in [1.807, 2.05) is 0 Å². The summed E-state index contributed by atoms with van der Waals surface area (Å²) < 4.78 is 11.2. The van der Waals surface area contributed by atoms with Gasteiger partial charge in [-0.2, -0.15) is 4.98 Å². The van der Waals surface area contributed by atoms with Gasteiger partial charge >= 0.3 is 5.69 Å². The SMILES string of the molecule is Cc1cn([C@@H]2O[C@H](COP(N)O)[C@@H](O)[C@H]2O)c(=O)nc1N. The third kappa shape index (κ3) is 3.38. The average Bonchev–Trinajstić information content (AvgIpc) is 2.68. The van der Waals surface area contributed by atoms with Gasteiger partial charge in [-0.3, -0.25) is 10.1 Å². The monoisotopic (exact) mass is 320 g/mol. The second kappa shape index (κ2) is 6.32. The molecule has 21 heavy (non-hydrogen) atoms. The van der Waals surface area contributed by atoms with Gasteiger partial charge in [-0.05, 0) is 6.92 Å². The third-order valence-corrected chi connectivity index (χ3v) is 3.57. The number of hydrogen-bond acceptors (Lipinski definition) is 9. The molecule has 11 heteroatoms. The van der Waals surface area contributed by atoms with E-state index >= 15 is 0 Å². The van der Waals surface area contributed by atoms with Gasteiger partial charge in [0.1, 0.15) is 24.1 Å². The van der Waals surface area contributed by atoms with Crippen LogP contribution in [0.2, 0.25) is 0 Å². The van der Waals surface area contributed by atoms with Crippen LogP contribution < -0.4 is 16.9 Å². The van der Waals surface area contributed by atoms with Crippen molar-refractivity contribution in [1.29, 1.82) is 0 Å². The number of ether oxygens (including phenoxy) is 1. The van der Waals surface area contributed by atoms with E-state index in [-0.39, 0.29) is 12.4 Å². The molecule has 10 nitrogen and oxygen atoms in total. The summed E-state index contributed by atoms with van der Waals surface area (Å²) in [7, 11) is -2.10. The molecule has 1 aliphatic rings. The first kappa shape index (κ1) is 16.2. The first-order chi connectivity index (χ1) is 9.81. The lowest BCUT2D eigenvalue weighted by molar-refractivity contribution is -0.0514. The van der Waals surface area contributed by atoms with E-state index in [1.54, 1.807) is 6.92 Å². The second-order valence-electron chi connectivity index (χ2n) is 4.64. The van der Waals surface area contributed by atoms with Crippen LogP contribution in [0.1, 0.15) is 11.8 Å². The summed E-state index contributed by atoms with van der Waals surface area (Å²) >= 11 is 0. The van der Waals surface area contributed by atoms with Crippen molar-refractivity contribution in [3.63, 3.8) is 0 Å². The van der Waals surface area contributed by atoms with E-state index in [9.17, 15) is 15.0 Å². The Labute approximate surface area is 120 Å². The number of aromatic nitrogens is 2. The highest BCUT2D eigenvalue weighted by atomic mass is 31.2. The minimum Gasteiger partial charge on any atom is -0.387 e. The van der Waals surface area contributed by atoms with E-state index in [0.29, 0.717) is 5.56 Å². The van der Waals surface area contributed by atoms with Crippen LogP contribution in [0.3, 0.4) is 0 Å². The van der Waals surface area contributed by atoms with Gasteiger partial charge in [-0.15, -0.1) is 0 Å². The molecule has 1 fully saturated rings. The molecule has 118 valence electrons. The van der Waals surface area contributed by atoms with E-state index < -0.39 is 38.8 Å². The molecular formula is C10H17N4O6P. The van der Waals surface area contributed by atoms with Crippen molar-refractivity contribution in [1.82, 2.24) is 9.55 Å². The van der Waals surface area contributed by atoms with Crippen molar-refractivity contribution >= 4 is 14.3 Å². The summed E-state index contributed by atoms with van der Waals surface area (Å²) in [5.41, 5.74) is 10.4. The van der Waals surface area contributed by atoms with E-state index in [4.69, 9.17) is 25.4 Å². The fraction of sp³-hybridized carbons (Fsp3) is 0.600. The van der Waals surface area contributed by atoms with E-state index in [2.05, 4.69) is 4.98 Å². The first-order valence-electron chi connectivity index (χ1n) is 6.04. The summed E-state index contributed by atoms with van der Waals surface area (Å²) in [6, 6.07) is 0. The molecule has 1 aliphatic heterocycles. The van der Waals surface area contributed by atoms with Crippen LogP contribution in [-0.2, 0) is 9.26 Å². The Morgan fingerprint density at radius 2 is 2.19 bits per heavy atom. The minimum absolute atomic E-state index is 0.0817. The number of aryl methyl sites for hydroxylation is 1. The largest absolute Gasteiger partial charge is 0.387 e. The molecule has 5 atom stereocenters. The van der Waals surface area contributed by atoms with Gasteiger partial charge in [0.2, 0.25) is 8.53 Å². The molecule has 1 aromatic rings. The molecule has 0 amide bonds. The highest BCUT2D eigenvalue weighted by Crippen LogP contribution is 2.31. The Morgan fingerprint density at radius 3 is 2.81 bits per heavy atom. The van der Waals surface area contributed by atoms with Crippen molar-refractivity contribution in [2.75, 3.05) is 12.3 Å². The summed E-state index contributed by atoms with van der Waals surface area (Å²) in [6.45, 7) is 1.42. The molecular weight excluding hydrogens is 303 g/mol. The lowest BCUT2D eigenvalue weighted by Gasteiger charge is -2.18. The van der Waals surface area contributed by atoms with Crippen LogP contribution in [-0.4, -0.2) is 49.6 Å². The first-order valence-corrected chi connectivity index (χ1v) is 7.33. The lowest BCUT2D eigenvalue weighted by Crippen LogP contribution is -2.36. The fourth-order valence-corrected chi connectivity index (χ4v) is 2.31. The van der Waals surface area contributed by atoms with Crippen molar-refractivity contribution in [2.24, 2.45) is 5.50 Å². The maximum Gasteiger partial charge on any atom is 0.351 e. The zero-order chi connectivity index (χ0) is 15.7. The Balaban J connectivity index is 2.21. The summed E-state index contributed by atoms with van der Waals surface area (Å²) in [6.07, 6.45) is -3.33. The number of nitrogens with two attached hydrogens (primary N) is 2. The molecule has 1 unspecified atom stereocenters. The van der Waals surface area contributed by atoms with Crippen LogP contribution in [0.5, 0.6) is 0 Å². The quantitative estimate of drug-likeness (QED) is 0.392. The number of anilines is 1. The van der Waals surface area contributed by atoms with Crippen molar-refractivity contribution in [2.45, 2.75) is 31.5 Å². The highest BCUT2D eigenvalue weighted by Gasteiger charge is 2.44. The standard InChI is InChI=1S/C10H17N4O6P/c1-4-2-14(10(17)13-8(4)11)9-7(16)6(15)5(20-9)3-19-21(12)18/h2,5-7,9,15-16,18H,3,12H2,1H3,(H2,11,13,17)/t5-,6-,7-,9-,21?/m1/s1. The number of hydrogen-bond donors (Lipinski definition) is 5. The smallest absolute Gasteiger partial charge is 0.351 e. The lowest BCUT2D eigenvalue weighted by atomic mass is 10.1. The Morgan fingerprint density at radius 1 is 1.52 bits per heavy atom. The van der Waals surface area contributed by atoms with Crippen LogP contribution in [0, 0.1) is 6.92 Å². The summed E-state index contributed by atoms with van der Waals surface area (Å²) in [4.78, 5) is 24.3. The van der Waals surface area contributed by atoms with Gasteiger partial charge in [0, 0.05) is 11.8 Å². The predicted molar refractivity (Wildman–Crippen MR) is 72.8 cm³/mol. The molecule has 0 radical (unpaired) electrons. The van der Waals surface area contributed by atoms with Crippen molar-refractivity contribution in [3.05, 3.63) is 22.2 Å². The van der Waals surface area contributed by atoms with Crippen LogP contribution in [0.15, 0.2) is 11.0 Å². The van der Waals surface area contributed by atoms with Gasteiger partial charge in [0.05, 0.1) is 6.61 Å². The van der Waals surface area contributed by atoms with Crippen LogP contribution in [0.25, 0.3) is 0 Å². The minimum atomic E-state index is -2.10. The summed E-state index contributed by atoms with van der Waals surface area (Å²) in [5.74, 6) is 0.0817. The van der Waals surface area contributed by atoms with Gasteiger partial charge in [-0.25, -0.2) is 4.79 Å². The number of aliphatic hydroxyl groups is 2. The van der Waals surface area contributed by atoms with Gasteiger partial charge in [0.25, 0.3) is 0 Å². The normalized spacial score (nSPS) is 30.5. The highest BCUT2D eigenvalue weighted by molar-refractivity contribution is 7.43. The molecule has 2 rings (SSSR count). The van der Waals surface area contributed by atoms with Crippen molar-refractivity contribution < 1.29 is 24.4 Å². The van der Waals surface area contributed by atoms with E-state index in [0.717, 1.165) is 4.57 Å². The fourth-order valence-electron chi connectivity index (χ4n) is 2.01. The van der Waals surface area contributed by atoms with Gasteiger partial charge in [0.15, 0.2) is 6.23 Å². The maximum atomic E-state index is 11.8. The molecule has 0 saturated carbocycles. The molecule has 7 N–H and O–H groups in total. The van der Waals surface area contributed by atoms with Gasteiger partial charge in [-0.1, -0.05) is 0 Å². The zero-order valence-electron chi connectivity index (χ0n) is 11.2. The number of aliphatic hydroxyl groups excluding tert-OH is 2. The third-order valence-electron chi connectivity index (χ3n) is 3.16. The predicted octanol–water partition coefficient (Wildman–Crippen LogP) is -2.05. The molecule has 0 aromatic carbocycles. The molecule has 0 bridgehead atoms. The van der Waals surface area contributed by atoms with Crippen LogP contribution >= 0.6 is 8.53 Å². The Bertz CT molecular complexity index is 567. The molecule has 1 aromatic heterocycles. The number of nitrogens with zero attached hydrogens (tertiary/aromatic N) is 2. The Hall–Kier alpha value is -1.13. The Kier molecular flexibility index (Phi) is 4.89. The number of nitrogen functional groups attached to an aromatic ring is 1. The van der Waals surface area contributed by atoms with E-state index in [1.165, 1.54) is 6.20 Å². The molecule has 0 spiro atoms. The summed E-state index contributed by atoms with van der Waals surface area (Å²) in [5, 5.41) is 19.9. The number of rotatable bonds is 4. The average molecular weight is 320 g/mol. The topological polar surface area (TPSA) is 166 Å². The molecule has 2 heterocycles. The molecule has 1 saturated heterocycles. The van der Waals surface area contributed by atoms with Crippen molar-refractivity contribution in [3.8, 4) is 0 Å². The van der Waals surface area contributed by atoms with Gasteiger partial charge < -0.3 is 30.1 Å². The second-order valence-corrected chi connectivity index (χ2v) is 5.51. The maximum absolute atomic E-state index is 11.8. The molecule has 0 aliphatic carbocycles.